The molecule has 3 rings (SSSR count). The second-order valence-electron chi connectivity index (χ2n) is 4.15. The standard InChI is InChI=1S/C12H11N7OS/c13-12-18-9(5-21-12)3-11(20)17-8-1-2-10(15-4-8)19-7-14-6-16-19/h1-2,4-7H,3H2,(H2,13,18)(H,17,20). The van der Waals surface area contributed by atoms with Gasteiger partial charge in [0.2, 0.25) is 5.91 Å². The molecule has 0 bridgehead atoms. The molecule has 3 aromatic rings. The van der Waals surface area contributed by atoms with E-state index in [1.165, 1.54) is 22.3 Å². The van der Waals surface area contributed by atoms with E-state index < -0.39 is 0 Å². The fourth-order valence-corrected chi connectivity index (χ4v) is 2.26. The van der Waals surface area contributed by atoms with Gasteiger partial charge in [0.05, 0.1) is 24.0 Å². The zero-order valence-corrected chi connectivity index (χ0v) is 11.6. The number of anilines is 2. The van der Waals surface area contributed by atoms with Crippen molar-refractivity contribution in [2.45, 2.75) is 6.42 Å². The third-order valence-corrected chi connectivity index (χ3v) is 3.32. The number of hydrogen-bond acceptors (Lipinski definition) is 7. The van der Waals surface area contributed by atoms with E-state index >= 15 is 0 Å². The lowest BCUT2D eigenvalue weighted by Crippen LogP contribution is -2.15. The lowest BCUT2D eigenvalue weighted by atomic mass is 10.3. The number of aromatic nitrogens is 5. The number of carbonyl (C=O) groups is 1. The molecule has 3 N–H and O–H groups in total. The molecular weight excluding hydrogens is 290 g/mol. The Balaban J connectivity index is 1.63. The number of nitrogens with two attached hydrogens (primary N) is 1. The second-order valence-corrected chi connectivity index (χ2v) is 5.04. The maximum Gasteiger partial charge on any atom is 0.230 e. The van der Waals surface area contributed by atoms with Gasteiger partial charge in [0.15, 0.2) is 10.9 Å². The first-order valence-corrected chi connectivity index (χ1v) is 6.89. The first-order valence-electron chi connectivity index (χ1n) is 6.01. The van der Waals surface area contributed by atoms with Gasteiger partial charge in [0.25, 0.3) is 0 Å². The fraction of sp³-hybridized carbons (Fsp3) is 0.0833. The minimum absolute atomic E-state index is 0.171. The average Bonchev–Trinajstić information content (AvgIpc) is 3.11. The second kappa shape index (κ2) is 5.67. The molecule has 0 aliphatic heterocycles. The van der Waals surface area contributed by atoms with Crippen LogP contribution in [0, 0.1) is 0 Å². The normalized spacial score (nSPS) is 10.5. The largest absolute Gasteiger partial charge is 0.375 e. The maximum atomic E-state index is 11.9. The van der Waals surface area contributed by atoms with Gasteiger partial charge in [-0.25, -0.2) is 19.6 Å². The Bertz CT molecular complexity index is 735. The summed E-state index contributed by atoms with van der Waals surface area (Å²) >= 11 is 1.31. The van der Waals surface area contributed by atoms with E-state index in [1.807, 2.05) is 0 Å². The van der Waals surface area contributed by atoms with Gasteiger partial charge in [-0.3, -0.25) is 4.79 Å². The van der Waals surface area contributed by atoms with Crippen LogP contribution in [0.25, 0.3) is 5.82 Å². The Morgan fingerprint density at radius 2 is 2.33 bits per heavy atom. The van der Waals surface area contributed by atoms with Crippen molar-refractivity contribution in [1.29, 1.82) is 0 Å². The number of amides is 1. The number of nitrogens with one attached hydrogen (secondary N) is 1. The van der Waals surface area contributed by atoms with Gasteiger partial charge in [-0.2, -0.15) is 5.10 Å². The van der Waals surface area contributed by atoms with Crippen LogP contribution in [-0.4, -0.2) is 30.6 Å². The smallest absolute Gasteiger partial charge is 0.230 e. The first-order chi connectivity index (χ1) is 10.2. The fourth-order valence-electron chi connectivity index (χ4n) is 1.70. The highest BCUT2D eigenvalue weighted by Gasteiger charge is 2.07. The molecule has 0 spiro atoms. The molecule has 9 heteroatoms. The maximum absolute atomic E-state index is 11.9. The van der Waals surface area contributed by atoms with Crippen LogP contribution in [0.3, 0.4) is 0 Å². The molecule has 3 heterocycles. The van der Waals surface area contributed by atoms with Crippen molar-refractivity contribution >= 4 is 28.1 Å². The minimum Gasteiger partial charge on any atom is -0.375 e. The van der Waals surface area contributed by atoms with Gasteiger partial charge in [0.1, 0.15) is 12.7 Å². The molecule has 0 aromatic carbocycles. The van der Waals surface area contributed by atoms with Crippen molar-refractivity contribution in [3.8, 4) is 5.82 Å². The highest BCUT2D eigenvalue weighted by Crippen LogP contribution is 2.13. The molecule has 0 saturated carbocycles. The molecule has 0 aliphatic carbocycles. The summed E-state index contributed by atoms with van der Waals surface area (Å²) in [6.07, 6.45) is 4.72. The third-order valence-electron chi connectivity index (χ3n) is 2.60. The van der Waals surface area contributed by atoms with Crippen LogP contribution in [0.1, 0.15) is 5.69 Å². The van der Waals surface area contributed by atoms with Crippen LogP contribution in [0.2, 0.25) is 0 Å². The topological polar surface area (TPSA) is 112 Å². The van der Waals surface area contributed by atoms with E-state index in [-0.39, 0.29) is 12.3 Å². The van der Waals surface area contributed by atoms with E-state index in [0.29, 0.717) is 22.3 Å². The van der Waals surface area contributed by atoms with E-state index in [4.69, 9.17) is 5.73 Å². The molecule has 1 amide bonds. The van der Waals surface area contributed by atoms with E-state index in [1.54, 1.807) is 30.0 Å². The molecule has 3 aromatic heterocycles. The summed E-state index contributed by atoms with van der Waals surface area (Å²) in [6.45, 7) is 0. The van der Waals surface area contributed by atoms with Gasteiger partial charge < -0.3 is 11.1 Å². The molecule has 0 aliphatic rings. The summed E-state index contributed by atoms with van der Waals surface area (Å²) in [7, 11) is 0. The number of rotatable bonds is 4. The summed E-state index contributed by atoms with van der Waals surface area (Å²) in [6, 6.07) is 3.49. The van der Waals surface area contributed by atoms with Crippen molar-refractivity contribution in [2.75, 3.05) is 11.1 Å². The molecule has 21 heavy (non-hydrogen) atoms. The van der Waals surface area contributed by atoms with Crippen LogP contribution in [-0.2, 0) is 11.2 Å². The van der Waals surface area contributed by atoms with Crippen molar-refractivity contribution in [3.05, 3.63) is 42.1 Å². The van der Waals surface area contributed by atoms with Gasteiger partial charge in [0, 0.05) is 5.38 Å². The number of carbonyl (C=O) groups excluding carboxylic acids is 1. The molecular formula is C12H11N7OS. The molecule has 0 radical (unpaired) electrons. The highest BCUT2D eigenvalue weighted by atomic mass is 32.1. The number of hydrogen-bond donors (Lipinski definition) is 2. The van der Waals surface area contributed by atoms with Gasteiger partial charge in [-0.15, -0.1) is 11.3 Å². The van der Waals surface area contributed by atoms with Gasteiger partial charge in [-0.1, -0.05) is 0 Å². The van der Waals surface area contributed by atoms with Crippen LogP contribution in [0.4, 0.5) is 10.8 Å². The number of thiazole rings is 1. The molecule has 0 unspecified atom stereocenters. The summed E-state index contributed by atoms with van der Waals surface area (Å²) in [5.74, 6) is 0.452. The van der Waals surface area contributed by atoms with Crippen LogP contribution >= 0.6 is 11.3 Å². The first kappa shape index (κ1) is 13.2. The van der Waals surface area contributed by atoms with Crippen LogP contribution < -0.4 is 11.1 Å². The van der Waals surface area contributed by atoms with E-state index in [9.17, 15) is 4.79 Å². The van der Waals surface area contributed by atoms with Gasteiger partial charge in [-0.05, 0) is 12.1 Å². The highest BCUT2D eigenvalue weighted by molar-refractivity contribution is 7.13. The SMILES string of the molecule is Nc1nc(CC(=O)Nc2ccc(-n3cncn3)nc2)cs1. The van der Waals surface area contributed by atoms with E-state index in [2.05, 4.69) is 25.4 Å². The predicted molar refractivity (Wildman–Crippen MR) is 78.0 cm³/mol. The Labute approximate surface area is 123 Å². The monoisotopic (exact) mass is 301 g/mol. The summed E-state index contributed by atoms with van der Waals surface area (Å²) < 4.78 is 1.53. The molecule has 0 saturated heterocycles. The molecule has 8 nitrogen and oxygen atoms in total. The Kier molecular flexibility index (Phi) is 3.56. The lowest BCUT2D eigenvalue weighted by Gasteiger charge is -2.05. The predicted octanol–water partition coefficient (Wildman–Crippen LogP) is 0.882. The van der Waals surface area contributed by atoms with Gasteiger partial charge >= 0.3 is 0 Å². The quantitative estimate of drug-likeness (QED) is 0.740. The Morgan fingerprint density at radius 1 is 1.43 bits per heavy atom. The average molecular weight is 301 g/mol. The summed E-state index contributed by atoms with van der Waals surface area (Å²) in [5, 5.41) is 8.94. The molecule has 106 valence electrons. The Morgan fingerprint density at radius 3 is 2.95 bits per heavy atom. The van der Waals surface area contributed by atoms with Crippen molar-refractivity contribution in [2.24, 2.45) is 0 Å². The molecule has 0 atom stereocenters. The number of pyridine rings is 1. The minimum atomic E-state index is -0.171. The van der Waals surface area contributed by atoms with E-state index in [0.717, 1.165) is 0 Å². The third kappa shape index (κ3) is 3.20. The number of nitrogen functional groups attached to an aromatic ring is 1. The van der Waals surface area contributed by atoms with Crippen molar-refractivity contribution in [1.82, 2.24) is 24.7 Å². The van der Waals surface area contributed by atoms with Crippen LogP contribution in [0.15, 0.2) is 36.4 Å². The van der Waals surface area contributed by atoms with Crippen LogP contribution in [0.5, 0.6) is 0 Å². The van der Waals surface area contributed by atoms with Crippen molar-refractivity contribution in [3.63, 3.8) is 0 Å². The summed E-state index contributed by atoms with van der Waals surface area (Å²) in [5.41, 5.74) is 6.78. The lowest BCUT2D eigenvalue weighted by molar-refractivity contribution is -0.115. The zero-order chi connectivity index (χ0) is 14.7. The summed E-state index contributed by atoms with van der Waals surface area (Å²) in [4.78, 5) is 23.9. The zero-order valence-electron chi connectivity index (χ0n) is 10.8. The van der Waals surface area contributed by atoms with Crippen molar-refractivity contribution < 1.29 is 4.79 Å². The molecule has 0 fully saturated rings. The number of nitrogens with zero attached hydrogens (tertiary/aromatic N) is 5. The Hall–Kier alpha value is -2.81.